The zero-order valence-electron chi connectivity index (χ0n) is 18.1. The van der Waals surface area contributed by atoms with Crippen LogP contribution in [0.15, 0.2) is 60.9 Å². The van der Waals surface area contributed by atoms with Gasteiger partial charge >= 0.3 is 0 Å². The summed E-state index contributed by atoms with van der Waals surface area (Å²) in [6.45, 7) is 2.23. The van der Waals surface area contributed by atoms with Crippen molar-refractivity contribution < 1.29 is 13.9 Å². The van der Waals surface area contributed by atoms with Crippen LogP contribution in [0.5, 0.6) is 0 Å². The molecule has 0 aliphatic rings. The molecule has 8 heteroatoms. The highest BCUT2D eigenvalue weighted by atomic mass is 19.1. The molecule has 1 amide bonds. The molecule has 0 spiro atoms. The third-order valence-electron chi connectivity index (χ3n) is 4.74. The minimum Gasteiger partial charge on any atom is -0.385 e. The predicted octanol–water partition coefficient (Wildman–Crippen LogP) is 3.65. The van der Waals surface area contributed by atoms with Crippen molar-refractivity contribution in [1.29, 1.82) is 0 Å². The second-order valence-corrected chi connectivity index (χ2v) is 7.22. The Bertz CT molecular complexity index is 1000. The zero-order chi connectivity index (χ0) is 22.6. The number of halogens is 1. The summed E-state index contributed by atoms with van der Waals surface area (Å²) >= 11 is 0. The van der Waals surface area contributed by atoms with Gasteiger partial charge in [-0.2, -0.15) is 0 Å². The lowest BCUT2D eigenvalue weighted by Crippen LogP contribution is -2.25. The van der Waals surface area contributed by atoms with Crippen molar-refractivity contribution in [2.24, 2.45) is 0 Å². The van der Waals surface area contributed by atoms with E-state index in [0.29, 0.717) is 49.9 Å². The first kappa shape index (κ1) is 23.1. The number of nitrogens with zero attached hydrogens (tertiary/aromatic N) is 2. The van der Waals surface area contributed by atoms with E-state index in [4.69, 9.17) is 4.74 Å². The molecule has 0 fully saturated rings. The Kier molecular flexibility index (Phi) is 8.94. The molecular weight excluding hydrogens is 409 g/mol. The van der Waals surface area contributed by atoms with Crippen molar-refractivity contribution in [3.05, 3.63) is 83.4 Å². The number of aromatic nitrogens is 2. The number of rotatable bonds is 12. The first-order valence-corrected chi connectivity index (χ1v) is 10.5. The van der Waals surface area contributed by atoms with Gasteiger partial charge in [0, 0.05) is 45.7 Å². The number of methoxy groups -OCH3 is 1. The van der Waals surface area contributed by atoms with Crippen molar-refractivity contribution in [2.75, 3.05) is 37.4 Å². The van der Waals surface area contributed by atoms with Crippen LogP contribution in [0.4, 0.5) is 16.0 Å². The Labute approximate surface area is 187 Å². The lowest BCUT2D eigenvalue weighted by Gasteiger charge is -2.14. The number of carbonyl (C=O) groups is 1. The maximum absolute atomic E-state index is 13.4. The maximum atomic E-state index is 13.4. The minimum absolute atomic E-state index is 0.236. The van der Waals surface area contributed by atoms with Gasteiger partial charge in [0.25, 0.3) is 5.91 Å². The molecule has 0 unspecified atom stereocenters. The summed E-state index contributed by atoms with van der Waals surface area (Å²) in [6.07, 6.45) is 4.84. The molecule has 0 atom stereocenters. The number of anilines is 2. The minimum atomic E-state index is -0.265. The molecule has 168 valence electrons. The van der Waals surface area contributed by atoms with Crippen LogP contribution in [0.25, 0.3) is 0 Å². The van der Waals surface area contributed by atoms with Crippen LogP contribution >= 0.6 is 0 Å². The van der Waals surface area contributed by atoms with Gasteiger partial charge in [-0.05, 0) is 54.3 Å². The molecular formula is C24H28FN5O2. The fourth-order valence-corrected chi connectivity index (χ4v) is 3.11. The molecule has 7 nitrogen and oxygen atoms in total. The van der Waals surface area contributed by atoms with Gasteiger partial charge in [0.2, 0.25) is 0 Å². The average molecular weight is 438 g/mol. The highest BCUT2D eigenvalue weighted by Crippen LogP contribution is 2.17. The van der Waals surface area contributed by atoms with E-state index < -0.39 is 0 Å². The van der Waals surface area contributed by atoms with Gasteiger partial charge in [0.05, 0.1) is 5.56 Å². The Morgan fingerprint density at radius 2 is 1.94 bits per heavy atom. The van der Waals surface area contributed by atoms with Crippen LogP contribution in [-0.2, 0) is 17.7 Å². The monoisotopic (exact) mass is 437 g/mol. The lowest BCUT2D eigenvalue weighted by atomic mass is 10.1. The molecule has 0 aliphatic heterocycles. The van der Waals surface area contributed by atoms with Crippen molar-refractivity contribution in [3.63, 3.8) is 0 Å². The molecule has 0 saturated heterocycles. The molecule has 1 aromatic carbocycles. The molecule has 3 rings (SSSR count). The van der Waals surface area contributed by atoms with Crippen molar-refractivity contribution in [2.45, 2.75) is 19.4 Å². The summed E-state index contributed by atoms with van der Waals surface area (Å²) in [5.41, 5.74) is 2.22. The van der Waals surface area contributed by atoms with Crippen LogP contribution in [0.1, 0.15) is 27.9 Å². The fourth-order valence-electron chi connectivity index (χ4n) is 3.11. The molecule has 0 saturated carbocycles. The number of hydrogen-bond acceptors (Lipinski definition) is 6. The predicted molar refractivity (Wildman–Crippen MR) is 123 cm³/mol. The third-order valence-corrected chi connectivity index (χ3v) is 4.74. The number of pyridine rings is 2. The van der Waals surface area contributed by atoms with E-state index in [1.807, 2.05) is 18.2 Å². The third kappa shape index (κ3) is 7.31. The first-order valence-electron chi connectivity index (χ1n) is 10.5. The molecule has 0 radical (unpaired) electrons. The number of ether oxygens (including phenoxy) is 1. The SMILES string of the molecule is COCCCNc1ccc(C(=O)NCc2cccnc2)c(NCCc2cccc(F)c2)n1. The van der Waals surface area contributed by atoms with E-state index in [0.717, 1.165) is 17.5 Å². The number of nitrogens with one attached hydrogen (secondary N) is 3. The molecule has 2 aromatic heterocycles. The summed E-state index contributed by atoms with van der Waals surface area (Å²) < 4.78 is 18.5. The average Bonchev–Trinajstić information content (AvgIpc) is 2.81. The number of carbonyl (C=O) groups excluding carboxylic acids is 1. The van der Waals surface area contributed by atoms with Crippen LogP contribution < -0.4 is 16.0 Å². The summed E-state index contributed by atoms with van der Waals surface area (Å²) in [4.78, 5) is 21.5. The van der Waals surface area contributed by atoms with E-state index in [9.17, 15) is 9.18 Å². The summed E-state index contributed by atoms with van der Waals surface area (Å²) in [7, 11) is 1.66. The molecule has 32 heavy (non-hydrogen) atoms. The quantitative estimate of drug-likeness (QED) is 0.375. The second kappa shape index (κ2) is 12.4. The van der Waals surface area contributed by atoms with Gasteiger partial charge in [-0.3, -0.25) is 9.78 Å². The highest BCUT2D eigenvalue weighted by molar-refractivity contribution is 5.99. The van der Waals surface area contributed by atoms with Gasteiger partial charge < -0.3 is 20.7 Å². The molecule has 3 N–H and O–H groups in total. The molecule has 0 bridgehead atoms. The Hall–Kier alpha value is -3.52. The second-order valence-electron chi connectivity index (χ2n) is 7.22. The van der Waals surface area contributed by atoms with E-state index in [-0.39, 0.29) is 11.7 Å². The number of hydrogen-bond donors (Lipinski definition) is 3. The normalized spacial score (nSPS) is 10.6. The first-order chi connectivity index (χ1) is 15.7. The highest BCUT2D eigenvalue weighted by Gasteiger charge is 2.14. The largest absolute Gasteiger partial charge is 0.385 e. The summed E-state index contributed by atoms with van der Waals surface area (Å²) in [5.74, 6) is 0.638. The Morgan fingerprint density at radius 1 is 1.06 bits per heavy atom. The Morgan fingerprint density at radius 3 is 2.72 bits per heavy atom. The van der Waals surface area contributed by atoms with Gasteiger partial charge in [-0.15, -0.1) is 0 Å². The van der Waals surface area contributed by atoms with Crippen LogP contribution in [-0.4, -0.2) is 42.7 Å². The number of benzene rings is 1. The van der Waals surface area contributed by atoms with Gasteiger partial charge in [0.1, 0.15) is 17.5 Å². The van der Waals surface area contributed by atoms with E-state index in [2.05, 4.69) is 25.9 Å². The summed E-state index contributed by atoms with van der Waals surface area (Å²) in [5, 5.41) is 9.37. The fraction of sp³-hybridized carbons (Fsp3) is 0.292. The van der Waals surface area contributed by atoms with Crippen LogP contribution in [0.2, 0.25) is 0 Å². The smallest absolute Gasteiger partial charge is 0.255 e. The van der Waals surface area contributed by atoms with E-state index >= 15 is 0 Å². The van der Waals surface area contributed by atoms with Crippen molar-refractivity contribution >= 4 is 17.5 Å². The molecule has 2 heterocycles. The van der Waals surface area contributed by atoms with E-state index in [1.54, 1.807) is 37.7 Å². The van der Waals surface area contributed by atoms with Gasteiger partial charge in [-0.1, -0.05) is 18.2 Å². The molecule has 0 aliphatic carbocycles. The van der Waals surface area contributed by atoms with Crippen molar-refractivity contribution in [3.8, 4) is 0 Å². The topological polar surface area (TPSA) is 88.2 Å². The van der Waals surface area contributed by atoms with Gasteiger partial charge in [-0.25, -0.2) is 9.37 Å². The molecule has 3 aromatic rings. The standard InChI is InChI=1S/C24H28FN5O2/c1-32-14-4-12-27-22-9-8-21(24(31)29-17-19-6-3-11-26-16-19)23(30-22)28-13-10-18-5-2-7-20(25)15-18/h2-3,5-9,11,15-16H,4,10,12-14,17H2,1H3,(H,29,31)(H2,27,28,30). The number of amides is 1. The van der Waals surface area contributed by atoms with Crippen molar-refractivity contribution in [1.82, 2.24) is 15.3 Å². The van der Waals surface area contributed by atoms with Gasteiger partial charge in [0.15, 0.2) is 0 Å². The lowest BCUT2D eigenvalue weighted by molar-refractivity contribution is 0.0951. The maximum Gasteiger partial charge on any atom is 0.255 e. The Balaban J connectivity index is 1.67. The van der Waals surface area contributed by atoms with Crippen LogP contribution in [0, 0.1) is 5.82 Å². The van der Waals surface area contributed by atoms with E-state index in [1.165, 1.54) is 12.1 Å². The summed E-state index contributed by atoms with van der Waals surface area (Å²) in [6, 6.07) is 13.7. The van der Waals surface area contributed by atoms with Crippen LogP contribution in [0.3, 0.4) is 0 Å². The zero-order valence-corrected chi connectivity index (χ0v) is 18.1.